The zero-order valence-corrected chi connectivity index (χ0v) is 10.4. The molecule has 0 radical (unpaired) electrons. The normalized spacial score (nSPS) is 34.6. The summed E-state index contributed by atoms with van der Waals surface area (Å²) in [7, 11) is 0. The van der Waals surface area contributed by atoms with Crippen molar-refractivity contribution in [2.75, 3.05) is 13.2 Å². The fourth-order valence-corrected chi connectivity index (χ4v) is 2.12. The summed E-state index contributed by atoms with van der Waals surface area (Å²) in [6.45, 7) is 0.0803. The first-order chi connectivity index (χ1) is 9.07. The molecular formula is C13H19NO5. The predicted molar refractivity (Wildman–Crippen MR) is 67.1 cm³/mol. The van der Waals surface area contributed by atoms with Crippen molar-refractivity contribution in [1.29, 1.82) is 0 Å². The fraction of sp³-hybridized carbons (Fsp3) is 0.538. The highest BCUT2D eigenvalue weighted by atomic mass is 16.7. The van der Waals surface area contributed by atoms with Gasteiger partial charge in [-0.05, 0) is 5.56 Å². The molecule has 0 aromatic heterocycles. The van der Waals surface area contributed by atoms with Crippen molar-refractivity contribution >= 4 is 0 Å². The molecule has 0 amide bonds. The highest BCUT2D eigenvalue weighted by Crippen LogP contribution is 2.28. The Kier molecular flexibility index (Phi) is 4.51. The first kappa shape index (κ1) is 14.4. The Morgan fingerprint density at radius 3 is 2.47 bits per heavy atom. The van der Waals surface area contributed by atoms with E-state index in [9.17, 15) is 15.3 Å². The molecule has 0 saturated carbocycles. The van der Waals surface area contributed by atoms with E-state index in [-0.39, 0.29) is 6.54 Å². The smallest absolute Gasteiger partial charge is 0.219 e. The molecule has 1 aromatic rings. The van der Waals surface area contributed by atoms with E-state index in [1.54, 1.807) is 0 Å². The van der Waals surface area contributed by atoms with Crippen LogP contribution in [0.2, 0.25) is 0 Å². The van der Waals surface area contributed by atoms with Gasteiger partial charge in [0.2, 0.25) is 5.79 Å². The average Bonchev–Trinajstić information content (AvgIpc) is 2.65. The molecule has 6 nitrogen and oxygen atoms in total. The van der Waals surface area contributed by atoms with E-state index < -0.39 is 30.7 Å². The number of benzene rings is 1. The van der Waals surface area contributed by atoms with E-state index in [4.69, 9.17) is 9.84 Å². The summed E-state index contributed by atoms with van der Waals surface area (Å²) in [5, 5.41) is 41.1. The Morgan fingerprint density at radius 1 is 1.21 bits per heavy atom. The predicted octanol–water partition coefficient (Wildman–Crippen LogP) is -1.42. The van der Waals surface area contributed by atoms with Crippen LogP contribution in [0.15, 0.2) is 30.3 Å². The second-order valence-electron chi connectivity index (χ2n) is 4.71. The third kappa shape index (κ3) is 3.11. The molecule has 19 heavy (non-hydrogen) atoms. The number of nitrogens with one attached hydrogen (secondary N) is 1. The quantitative estimate of drug-likeness (QED) is 0.449. The molecule has 0 spiro atoms. The van der Waals surface area contributed by atoms with Crippen LogP contribution in [0, 0.1) is 0 Å². The molecular weight excluding hydrogens is 250 g/mol. The van der Waals surface area contributed by atoms with Gasteiger partial charge in [0.05, 0.1) is 6.61 Å². The van der Waals surface area contributed by atoms with Gasteiger partial charge in [0.25, 0.3) is 0 Å². The molecule has 1 heterocycles. The molecule has 1 unspecified atom stereocenters. The Morgan fingerprint density at radius 2 is 1.89 bits per heavy atom. The minimum Gasteiger partial charge on any atom is -0.391 e. The van der Waals surface area contributed by atoms with E-state index in [0.717, 1.165) is 5.56 Å². The summed E-state index contributed by atoms with van der Waals surface area (Å²) in [5.74, 6) is -2.08. The van der Waals surface area contributed by atoms with Crippen molar-refractivity contribution in [2.45, 2.75) is 30.6 Å². The number of hydrogen-bond acceptors (Lipinski definition) is 6. The van der Waals surface area contributed by atoms with Gasteiger partial charge in [-0.25, -0.2) is 0 Å². The average molecular weight is 269 g/mol. The fourth-order valence-electron chi connectivity index (χ4n) is 2.12. The molecule has 5 N–H and O–H groups in total. The zero-order chi connectivity index (χ0) is 13.9. The van der Waals surface area contributed by atoms with Gasteiger partial charge < -0.3 is 30.5 Å². The second kappa shape index (κ2) is 5.96. The zero-order valence-electron chi connectivity index (χ0n) is 10.4. The van der Waals surface area contributed by atoms with Crippen molar-refractivity contribution in [2.24, 2.45) is 0 Å². The molecule has 0 aliphatic carbocycles. The summed E-state index contributed by atoms with van der Waals surface area (Å²) in [6.07, 6.45) is -3.52. The first-order valence-corrected chi connectivity index (χ1v) is 6.18. The molecule has 6 heteroatoms. The number of aliphatic hydroxyl groups is 4. The maximum absolute atomic E-state index is 9.74. The van der Waals surface area contributed by atoms with Gasteiger partial charge in [-0.1, -0.05) is 30.3 Å². The summed E-state index contributed by atoms with van der Waals surface area (Å²) in [4.78, 5) is 0. The van der Waals surface area contributed by atoms with Gasteiger partial charge in [0, 0.05) is 13.1 Å². The Hall–Kier alpha value is -1.02. The molecule has 1 aliphatic heterocycles. The minimum atomic E-state index is -2.08. The number of aliphatic hydroxyl groups excluding tert-OH is 3. The van der Waals surface area contributed by atoms with Crippen LogP contribution in [-0.4, -0.2) is 57.7 Å². The number of hydrogen-bond donors (Lipinski definition) is 5. The van der Waals surface area contributed by atoms with Gasteiger partial charge in [0.1, 0.15) is 18.3 Å². The molecule has 1 fully saturated rings. The van der Waals surface area contributed by atoms with Crippen LogP contribution < -0.4 is 5.32 Å². The Labute approximate surface area is 111 Å². The Balaban J connectivity index is 1.84. The SMILES string of the molecule is OCC1(O)O[C@H](CNCc2ccccc2)[C@H](O)[C@@H]1O. The lowest BCUT2D eigenvalue weighted by Gasteiger charge is -2.22. The van der Waals surface area contributed by atoms with Crippen LogP contribution in [0.5, 0.6) is 0 Å². The third-order valence-electron chi connectivity index (χ3n) is 3.27. The van der Waals surface area contributed by atoms with Gasteiger partial charge >= 0.3 is 0 Å². The van der Waals surface area contributed by atoms with Gasteiger partial charge in [-0.2, -0.15) is 0 Å². The maximum Gasteiger partial charge on any atom is 0.219 e. The van der Waals surface area contributed by atoms with E-state index in [1.165, 1.54) is 0 Å². The lowest BCUT2D eigenvalue weighted by Crippen LogP contribution is -2.46. The molecule has 4 atom stereocenters. The first-order valence-electron chi connectivity index (χ1n) is 6.18. The van der Waals surface area contributed by atoms with Crippen LogP contribution >= 0.6 is 0 Å². The van der Waals surface area contributed by atoms with Gasteiger partial charge in [-0.15, -0.1) is 0 Å². The van der Waals surface area contributed by atoms with Crippen LogP contribution in [0.25, 0.3) is 0 Å². The third-order valence-corrected chi connectivity index (χ3v) is 3.27. The van der Waals surface area contributed by atoms with Gasteiger partial charge in [-0.3, -0.25) is 0 Å². The highest BCUT2D eigenvalue weighted by molar-refractivity contribution is 5.14. The van der Waals surface area contributed by atoms with Crippen molar-refractivity contribution in [3.63, 3.8) is 0 Å². The summed E-state index contributed by atoms with van der Waals surface area (Å²) >= 11 is 0. The lowest BCUT2D eigenvalue weighted by atomic mass is 10.1. The van der Waals surface area contributed by atoms with E-state index in [0.29, 0.717) is 6.54 Å². The second-order valence-corrected chi connectivity index (χ2v) is 4.71. The van der Waals surface area contributed by atoms with Crippen molar-refractivity contribution < 1.29 is 25.2 Å². The minimum absolute atomic E-state index is 0.259. The van der Waals surface area contributed by atoms with Crippen LogP contribution in [0.3, 0.4) is 0 Å². The van der Waals surface area contributed by atoms with Crippen molar-refractivity contribution in [3.8, 4) is 0 Å². The largest absolute Gasteiger partial charge is 0.391 e. The van der Waals surface area contributed by atoms with E-state index in [2.05, 4.69) is 5.32 Å². The Bertz CT molecular complexity index is 401. The topological polar surface area (TPSA) is 102 Å². The molecule has 1 saturated heterocycles. The lowest BCUT2D eigenvalue weighted by molar-refractivity contribution is -0.245. The number of ether oxygens (including phenoxy) is 1. The monoisotopic (exact) mass is 269 g/mol. The summed E-state index contributed by atoms with van der Waals surface area (Å²) in [6, 6.07) is 9.68. The van der Waals surface area contributed by atoms with Crippen LogP contribution in [0.4, 0.5) is 0 Å². The van der Waals surface area contributed by atoms with Gasteiger partial charge in [0.15, 0.2) is 0 Å². The molecule has 106 valence electrons. The van der Waals surface area contributed by atoms with E-state index in [1.807, 2.05) is 30.3 Å². The van der Waals surface area contributed by atoms with Crippen LogP contribution in [-0.2, 0) is 11.3 Å². The maximum atomic E-state index is 9.74. The molecule has 1 aliphatic rings. The summed E-state index contributed by atoms with van der Waals surface area (Å²) in [5.41, 5.74) is 1.08. The molecule has 2 rings (SSSR count). The summed E-state index contributed by atoms with van der Waals surface area (Å²) < 4.78 is 5.10. The van der Waals surface area contributed by atoms with Crippen LogP contribution in [0.1, 0.15) is 5.56 Å². The van der Waals surface area contributed by atoms with Crippen molar-refractivity contribution in [3.05, 3.63) is 35.9 Å². The molecule has 0 bridgehead atoms. The standard InChI is InChI=1S/C13H19NO5/c15-8-13(18)12(17)11(16)10(19-13)7-14-6-9-4-2-1-3-5-9/h1-5,10-12,14-18H,6-8H2/t10-,11+,12+,13?/m1/s1. The number of rotatable bonds is 5. The van der Waals surface area contributed by atoms with E-state index >= 15 is 0 Å². The highest BCUT2D eigenvalue weighted by Gasteiger charge is 2.52. The van der Waals surface area contributed by atoms with Crippen molar-refractivity contribution in [1.82, 2.24) is 5.32 Å². The molecule has 1 aromatic carbocycles.